The second kappa shape index (κ2) is 5.25. The van der Waals surface area contributed by atoms with Crippen molar-refractivity contribution < 1.29 is 4.79 Å². The Hall–Kier alpha value is -1.87. The lowest BCUT2D eigenvalue weighted by Crippen LogP contribution is -2.23. The van der Waals surface area contributed by atoms with E-state index in [2.05, 4.69) is 4.98 Å². The van der Waals surface area contributed by atoms with Crippen LogP contribution in [0.1, 0.15) is 18.5 Å². The Morgan fingerprint density at radius 3 is 2.50 bits per heavy atom. The molecule has 102 valence electrons. The smallest absolute Gasteiger partial charge is 0.227 e. The highest BCUT2D eigenvalue weighted by atomic mass is 35.5. The number of carbonyl (C=O) groups excluding carboxylic acids is 1. The second-order valence-electron chi connectivity index (χ2n) is 4.96. The summed E-state index contributed by atoms with van der Waals surface area (Å²) in [6.07, 6.45) is 1.60. The average Bonchev–Trinajstić information content (AvgIpc) is 2.85. The molecule has 0 atom stereocenters. The molecule has 2 aromatic rings. The van der Waals surface area contributed by atoms with E-state index in [4.69, 9.17) is 11.6 Å². The van der Waals surface area contributed by atoms with E-state index in [1.165, 1.54) is 0 Å². The number of benzene rings is 1. The van der Waals surface area contributed by atoms with Gasteiger partial charge in [-0.15, -0.1) is 0 Å². The van der Waals surface area contributed by atoms with Crippen LogP contribution in [0.2, 0.25) is 5.15 Å². The van der Waals surface area contributed by atoms with Crippen molar-refractivity contribution in [2.24, 2.45) is 0 Å². The van der Waals surface area contributed by atoms with Gasteiger partial charge in [0.05, 0.1) is 0 Å². The fourth-order valence-electron chi connectivity index (χ4n) is 2.58. The van der Waals surface area contributed by atoms with Crippen molar-refractivity contribution >= 4 is 23.2 Å². The molecule has 4 heteroatoms. The zero-order valence-corrected chi connectivity index (χ0v) is 12.0. The van der Waals surface area contributed by atoms with Crippen LogP contribution in [0.15, 0.2) is 36.4 Å². The van der Waals surface area contributed by atoms with Crippen LogP contribution in [0.3, 0.4) is 0 Å². The maximum atomic E-state index is 11.7. The molecular formula is C16H15ClN2O. The molecule has 20 heavy (non-hydrogen) atoms. The Bertz CT molecular complexity index is 652. The summed E-state index contributed by atoms with van der Waals surface area (Å²) in [7, 11) is 0. The molecular weight excluding hydrogens is 272 g/mol. The molecule has 1 aromatic carbocycles. The molecule has 1 aromatic heterocycles. The molecule has 0 saturated carbocycles. The van der Waals surface area contributed by atoms with Gasteiger partial charge in [0.25, 0.3) is 0 Å². The first-order valence-electron chi connectivity index (χ1n) is 6.69. The maximum absolute atomic E-state index is 11.7. The Labute approximate surface area is 123 Å². The Kier molecular flexibility index (Phi) is 3.45. The topological polar surface area (TPSA) is 33.2 Å². The van der Waals surface area contributed by atoms with E-state index in [-0.39, 0.29) is 5.91 Å². The lowest BCUT2D eigenvalue weighted by atomic mass is 10.0. The molecule has 1 fully saturated rings. The van der Waals surface area contributed by atoms with E-state index in [1.807, 2.05) is 42.2 Å². The number of aromatic nitrogens is 1. The van der Waals surface area contributed by atoms with Gasteiger partial charge >= 0.3 is 0 Å². The van der Waals surface area contributed by atoms with E-state index in [1.54, 1.807) is 6.07 Å². The third kappa shape index (κ3) is 2.41. The van der Waals surface area contributed by atoms with Crippen molar-refractivity contribution in [3.05, 3.63) is 47.2 Å². The highest BCUT2D eigenvalue weighted by molar-refractivity contribution is 6.29. The predicted octanol–water partition coefficient (Wildman–Crippen LogP) is 3.84. The van der Waals surface area contributed by atoms with Crippen molar-refractivity contribution in [2.45, 2.75) is 19.8 Å². The molecule has 1 saturated heterocycles. The van der Waals surface area contributed by atoms with Gasteiger partial charge in [0, 0.05) is 29.9 Å². The standard InChI is InChI=1S/C16H15ClN2O/c1-11-14(8-9-15(17)18-11)12-4-6-13(7-5-12)19-10-2-3-16(19)20/h4-9H,2-3,10H2,1H3. The van der Waals surface area contributed by atoms with Crippen LogP contribution in [0.5, 0.6) is 0 Å². The zero-order valence-electron chi connectivity index (χ0n) is 11.3. The average molecular weight is 287 g/mol. The number of aryl methyl sites for hydroxylation is 1. The second-order valence-corrected chi connectivity index (χ2v) is 5.35. The lowest BCUT2D eigenvalue weighted by molar-refractivity contribution is -0.117. The molecule has 1 amide bonds. The molecule has 0 radical (unpaired) electrons. The van der Waals surface area contributed by atoms with Gasteiger partial charge in [-0.25, -0.2) is 4.98 Å². The summed E-state index contributed by atoms with van der Waals surface area (Å²) in [6, 6.07) is 11.8. The van der Waals surface area contributed by atoms with E-state index in [0.717, 1.165) is 35.5 Å². The van der Waals surface area contributed by atoms with Gasteiger partial charge in [0.2, 0.25) is 5.91 Å². The summed E-state index contributed by atoms with van der Waals surface area (Å²) < 4.78 is 0. The number of pyridine rings is 1. The number of anilines is 1. The maximum Gasteiger partial charge on any atom is 0.227 e. The zero-order chi connectivity index (χ0) is 14.1. The molecule has 1 aliphatic heterocycles. The van der Waals surface area contributed by atoms with Crippen molar-refractivity contribution in [3.63, 3.8) is 0 Å². The number of nitrogens with zero attached hydrogens (tertiary/aromatic N) is 2. The summed E-state index contributed by atoms with van der Waals surface area (Å²) in [5.41, 5.74) is 4.02. The first kappa shape index (κ1) is 13.1. The highest BCUT2D eigenvalue weighted by Crippen LogP contribution is 2.27. The molecule has 0 N–H and O–H groups in total. The fraction of sp³-hybridized carbons (Fsp3) is 0.250. The van der Waals surface area contributed by atoms with Crippen molar-refractivity contribution in [2.75, 3.05) is 11.4 Å². The SMILES string of the molecule is Cc1nc(Cl)ccc1-c1ccc(N2CCCC2=O)cc1. The third-order valence-corrected chi connectivity index (χ3v) is 3.83. The minimum atomic E-state index is 0.210. The van der Waals surface area contributed by atoms with E-state index >= 15 is 0 Å². The highest BCUT2D eigenvalue weighted by Gasteiger charge is 2.21. The summed E-state index contributed by atoms with van der Waals surface area (Å²) in [4.78, 5) is 17.8. The number of hydrogen-bond acceptors (Lipinski definition) is 2. The van der Waals surface area contributed by atoms with Crippen LogP contribution < -0.4 is 4.90 Å². The summed E-state index contributed by atoms with van der Waals surface area (Å²) in [5.74, 6) is 0.210. The number of hydrogen-bond donors (Lipinski definition) is 0. The molecule has 0 bridgehead atoms. The van der Waals surface area contributed by atoms with Crippen LogP contribution >= 0.6 is 11.6 Å². The first-order valence-corrected chi connectivity index (χ1v) is 7.07. The van der Waals surface area contributed by atoms with E-state index in [9.17, 15) is 4.79 Å². The molecule has 0 unspecified atom stereocenters. The minimum absolute atomic E-state index is 0.210. The van der Waals surface area contributed by atoms with Gasteiger partial charge in [0.15, 0.2) is 0 Å². The van der Waals surface area contributed by atoms with Gasteiger partial charge in [-0.3, -0.25) is 4.79 Å². The monoisotopic (exact) mass is 286 g/mol. The summed E-state index contributed by atoms with van der Waals surface area (Å²) in [6.45, 7) is 2.76. The lowest BCUT2D eigenvalue weighted by Gasteiger charge is -2.16. The van der Waals surface area contributed by atoms with Crippen molar-refractivity contribution in [3.8, 4) is 11.1 Å². The fourth-order valence-corrected chi connectivity index (χ4v) is 2.77. The minimum Gasteiger partial charge on any atom is -0.312 e. The summed E-state index contributed by atoms with van der Waals surface area (Å²) in [5, 5.41) is 0.505. The van der Waals surface area contributed by atoms with E-state index in [0.29, 0.717) is 11.6 Å². The van der Waals surface area contributed by atoms with Crippen LogP contribution in [0.4, 0.5) is 5.69 Å². The van der Waals surface area contributed by atoms with Gasteiger partial charge in [-0.05, 0) is 43.2 Å². The van der Waals surface area contributed by atoms with Crippen LogP contribution in [-0.4, -0.2) is 17.4 Å². The van der Waals surface area contributed by atoms with Crippen LogP contribution in [0, 0.1) is 6.92 Å². The Morgan fingerprint density at radius 2 is 1.90 bits per heavy atom. The first-order chi connectivity index (χ1) is 9.65. The molecule has 3 rings (SSSR count). The predicted molar refractivity (Wildman–Crippen MR) is 81.0 cm³/mol. The normalized spacial score (nSPS) is 14.9. The van der Waals surface area contributed by atoms with Crippen molar-refractivity contribution in [1.29, 1.82) is 0 Å². The quantitative estimate of drug-likeness (QED) is 0.786. The Morgan fingerprint density at radius 1 is 1.15 bits per heavy atom. The van der Waals surface area contributed by atoms with Crippen LogP contribution in [-0.2, 0) is 4.79 Å². The number of amides is 1. The van der Waals surface area contributed by atoms with Gasteiger partial charge in [0.1, 0.15) is 5.15 Å². The van der Waals surface area contributed by atoms with Crippen molar-refractivity contribution in [1.82, 2.24) is 4.98 Å². The molecule has 2 heterocycles. The number of halogens is 1. The number of carbonyl (C=O) groups is 1. The number of rotatable bonds is 2. The van der Waals surface area contributed by atoms with Crippen LogP contribution in [0.25, 0.3) is 11.1 Å². The molecule has 1 aliphatic rings. The largest absolute Gasteiger partial charge is 0.312 e. The summed E-state index contributed by atoms with van der Waals surface area (Å²) >= 11 is 5.88. The Balaban J connectivity index is 1.91. The van der Waals surface area contributed by atoms with E-state index < -0.39 is 0 Å². The third-order valence-electron chi connectivity index (χ3n) is 3.62. The van der Waals surface area contributed by atoms with Gasteiger partial charge in [-0.2, -0.15) is 0 Å². The molecule has 3 nitrogen and oxygen atoms in total. The molecule has 0 spiro atoms. The molecule has 0 aliphatic carbocycles. The van der Waals surface area contributed by atoms with Gasteiger partial charge < -0.3 is 4.90 Å². The van der Waals surface area contributed by atoms with Gasteiger partial charge in [-0.1, -0.05) is 23.7 Å².